The zero-order valence-electron chi connectivity index (χ0n) is 17.2. The summed E-state index contributed by atoms with van der Waals surface area (Å²) in [5.41, 5.74) is 2.07. The van der Waals surface area contributed by atoms with Crippen molar-refractivity contribution in [1.29, 1.82) is 0 Å². The van der Waals surface area contributed by atoms with Crippen LogP contribution < -0.4 is 14.8 Å². The molecule has 27 heavy (non-hydrogen) atoms. The van der Waals surface area contributed by atoms with Crippen LogP contribution in [0.15, 0.2) is 53.5 Å². The Bertz CT molecular complexity index is 741. The maximum Gasteiger partial charge on any atom is 0.155 e. The largest absolute Gasteiger partial charge is 0.493 e. The Hall–Kier alpha value is -2.49. The number of benzene rings is 2. The Kier molecular flexibility index (Phi) is 8.18. The molecule has 0 radical (unpaired) electrons. The summed E-state index contributed by atoms with van der Waals surface area (Å²) in [5.74, 6) is 3.06. The second-order valence-corrected chi connectivity index (χ2v) is 6.85. The van der Waals surface area contributed by atoms with E-state index in [4.69, 9.17) is 9.47 Å². The van der Waals surface area contributed by atoms with Gasteiger partial charge in [0.25, 0.3) is 0 Å². The van der Waals surface area contributed by atoms with E-state index < -0.39 is 0 Å². The zero-order chi connectivity index (χ0) is 19.6. The van der Waals surface area contributed by atoms with Crippen molar-refractivity contribution in [2.45, 2.75) is 40.2 Å². The van der Waals surface area contributed by atoms with Gasteiger partial charge in [0, 0.05) is 24.7 Å². The molecule has 0 spiro atoms. The van der Waals surface area contributed by atoms with Gasteiger partial charge in [-0.2, -0.15) is 0 Å². The fourth-order valence-corrected chi connectivity index (χ4v) is 2.87. The molecule has 0 saturated heterocycles. The first-order chi connectivity index (χ1) is 13.1. The van der Waals surface area contributed by atoms with E-state index in [-0.39, 0.29) is 6.10 Å². The normalized spacial score (nSPS) is 12.7. The molecule has 4 heteroatoms. The number of amidine groups is 1. The van der Waals surface area contributed by atoms with Crippen LogP contribution in [0.25, 0.3) is 11.1 Å². The predicted molar refractivity (Wildman–Crippen MR) is 114 cm³/mol. The van der Waals surface area contributed by atoms with Gasteiger partial charge in [-0.05, 0) is 31.4 Å². The molecular formula is C23H32N2O2. The highest BCUT2D eigenvalue weighted by atomic mass is 16.5. The van der Waals surface area contributed by atoms with Gasteiger partial charge in [-0.1, -0.05) is 57.2 Å². The first-order valence-corrected chi connectivity index (χ1v) is 9.79. The molecule has 0 amide bonds. The molecule has 0 aliphatic heterocycles. The number of rotatable bonds is 9. The summed E-state index contributed by atoms with van der Waals surface area (Å²) < 4.78 is 12.4. The lowest BCUT2D eigenvalue weighted by molar-refractivity contribution is 0.258. The Morgan fingerprint density at radius 2 is 1.56 bits per heavy atom. The van der Waals surface area contributed by atoms with Crippen LogP contribution in [0.2, 0.25) is 0 Å². The molecule has 4 nitrogen and oxygen atoms in total. The fraction of sp³-hybridized carbons (Fsp3) is 0.435. The summed E-state index contributed by atoms with van der Waals surface area (Å²) in [6.07, 6.45) is 0.722. The molecule has 0 heterocycles. The minimum atomic E-state index is -0.111. The van der Waals surface area contributed by atoms with Crippen LogP contribution in [0.1, 0.15) is 34.1 Å². The van der Waals surface area contributed by atoms with Crippen molar-refractivity contribution in [2.24, 2.45) is 10.9 Å². The van der Waals surface area contributed by atoms with Crippen LogP contribution in [-0.2, 0) is 0 Å². The molecular weight excluding hydrogens is 336 g/mol. The van der Waals surface area contributed by atoms with Gasteiger partial charge in [0.15, 0.2) is 6.10 Å². The third kappa shape index (κ3) is 5.75. The minimum Gasteiger partial charge on any atom is -0.493 e. The van der Waals surface area contributed by atoms with Crippen molar-refractivity contribution >= 4 is 5.84 Å². The van der Waals surface area contributed by atoms with Crippen LogP contribution in [0, 0.1) is 5.92 Å². The van der Waals surface area contributed by atoms with E-state index in [2.05, 4.69) is 50.1 Å². The molecule has 0 bridgehead atoms. The molecule has 0 fully saturated rings. The maximum absolute atomic E-state index is 6.39. The lowest BCUT2D eigenvalue weighted by Crippen LogP contribution is -2.38. The van der Waals surface area contributed by atoms with Gasteiger partial charge in [-0.25, -0.2) is 0 Å². The quantitative estimate of drug-likeness (QED) is 0.490. The lowest BCUT2D eigenvalue weighted by Gasteiger charge is -2.22. The smallest absolute Gasteiger partial charge is 0.155 e. The highest BCUT2D eigenvalue weighted by molar-refractivity contribution is 5.87. The Morgan fingerprint density at radius 3 is 2.11 bits per heavy atom. The van der Waals surface area contributed by atoms with Crippen LogP contribution >= 0.6 is 0 Å². The van der Waals surface area contributed by atoms with Gasteiger partial charge >= 0.3 is 0 Å². The van der Waals surface area contributed by atoms with Gasteiger partial charge in [0.2, 0.25) is 0 Å². The fourth-order valence-electron chi connectivity index (χ4n) is 2.87. The van der Waals surface area contributed by atoms with E-state index in [0.717, 1.165) is 41.4 Å². The topological polar surface area (TPSA) is 42.9 Å². The van der Waals surface area contributed by atoms with Crippen molar-refractivity contribution in [1.82, 2.24) is 5.32 Å². The molecule has 0 aromatic heterocycles. The number of para-hydroxylation sites is 2. The molecule has 0 aliphatic carbocycles. The average Bonchev–Trinajstić information content (AvgIpc) is 2.69. The summed E-state index contributed by atoms with van der Waals surface area (Å²) in [7, 11) is 1.80. The summed E-state index contributed by atoms with van der Waals surface area (Å²) in [6.45, 7) is 9.98. The van der Waals surface area contributed by atoms with Gasteiger partial charge < -0.3 is 14.8 Å². The molecule has 2 rings (SSSR count). The van der Waals surface area contributed by atoms with Crippen molar-refractivity contribution < 1.29 is 9.47 Å². The number of hydrogen-bond donors (Lipinski definition) is 1. The monoisotopic (exact) mass is 368 g/mol. The second-order valence-electron chi connectivity index (χ2n) is 6.85. The van der Waals surface area contributed by atoms with Crippen LogP contribution in [0.5, 0.6) is 11.5 Å². The third-order valence-corrected chi connectivity index (χ3v) is 4.18. The van der Waals surface area contributed by atoms with Crippen molar-refractivity contribution in [2.75, 3.05) is 20.2 Å². The van der Waals surface area contributed by atoms with E-state index >= 15 is 0 Å². The van der Waals surface area contributed by atoms with Gasteiger partial charge in [0.1, 0.15) is 17.3 Å². The van der Waals surface area contributed by atoms with Crippen molar-refractivity contribution in [3.8, 4) is 22.6 Å². The van der Waals surface area contributed by atoms with Crippen molar-refractivity contribution in [3.05, 3.63) is 48.5 Å². The number of hydrogen-bond acceptors (Lipinski definition) is 3. The average molecular weight is 369 g/mol. The van der Waals surface area contributed by atoms with Gasteiger partial charge in [-0.3, -0.25) is 4.99 Å². The highest BCUT2D eigenvalue weighted by Gasteiger charge is 2.18. The zero-order valence-corrected chi connectivity index (χ0v) is 17.2. The van der Waals surface area contributed by atoms with Gasteiger partial charge in [0.05, 0.1) is 6.61 Å². The van der Waals surface area contributed by atoms with E-state index in [9.17, 15) is 0 Å². The van der Waals surface area contributed by atoms with E-state index in [1.165, 1.54) is 0 Å². The number of ether oxygens (including phenoxy) is 2. The Balaban J connectivity index is 2.36. The molecule has 0 saturated carbocycles. The lowest BCUT2D eigenvalue weighted by atomic mass is 10.0. The Labute approximate surface area is 163 Å². The summed E-state index contributed by atoms with van der Waals surface area (Å²) in [4.78, 5) is 4.37. The Morgan fingerprint density at radius 1 is 0.963 bits per heavy atom. The third-order valence-electron chi connectivity index (χ3n) is 4.18. The van der Waals surface area contributed by atoms with E-state index in [0.29, 0.717) is 12.5 Å². The number of nitrogens with zero attached hydrogens (tertiary/aromatic N) is 1. The first-order valence-electron chi connectivity index (χ1n) is 9.79. The summed E-state index contributed by atoms with van der Waals surface area (Å²) in [5, 5.41) is 3.31. The number of aliphatic imine (C=N–C) groups is 1. The van der Waals surface area contributed by atoms with Crippen LogP contribution in [0.4, 0.5) is 0 Å². The molecule has 146 valence electrons. The van der Waals surface area contributed by atoms with E-state index in [1.807, 2.05) is 36.4 Å². The standard InChI is InChI=1S/C23H32N2O2/c1-6-20(23(24-5)25-7-2)27-22-15-11-9-13-19(22)18-12-8-10-14-21(18)26-16-17(3)4/h8-15,17,20H,6-7,16H2,1-5H3,(H,24,25). The molecule has 2 aromatic rings. The minimum absolute atomic E-state index is 0.111. The van der Waals surface area contributed by atoms with Crippen LogP contribution in [-0.4, -0.2) is 32.1 Å². The summed E-state index contributed by atoms with van der Waals surface area (Å²) in [6, 6.07) is 16.3. The first kappa shape index (κ1) is 20.8. The van der Waals surface area contributed by atoms with Crippen LogP contribution in [0.3, 0.4) is 0 Å². The second kappa shape index (κ2) is 10.6. The molecule has 0 aliphatic rings. The number of likely N-dealkylation sites (N-methyl/N-ethyl adjacent to an activating group) is 1. The highest BCUT2D eigenvalue weighted by Crippen LogP contribution is 2.37. The predicted octanol–water partition coefficient (Wildman–Crippen LogP) is 5.18. The SMILES string of the molecule is CCNC(=NC)C(CC)Oc1ccccc1-c1ccccc1OCC(C)C. The molecule has 1 N–H and O–H groups in total. The number of nitrogens with one attached hydrogen (secondary N) is 1. The maximum atomic E-state index is 6.39. The van der Waals surface area contributed by atoms with Gasteiger partial charge in [-0.15, -0.1) is 0 Å². The molecule has 1 atom stereocenters. The molecule has 2 aromatic carbocycles. The van der Waals surface area contributed by atoms with Crippen molar-refractivity contribution in [3.63, 3.8) is 0 Å². The molecule has 1 unspecified atom stereocenters. The van der Waals surface area contributed by atoms with E-state index in [1.54, 1.807) is 7.05 Å². The summed E-state index contributed by atoms with van der Waals surface area (Å²) >= 11 is 0.